The molecule has 0 aromatic rings. The zero-order valence-corrected chi connectivity index (χ0v) is 10.4. The molecule has 0 aromatic heterocycles. The second-order valence-corrected chi connectivity index (χ2v) is 4.96. The van der Waals surface area contributed by atoms with Gasteiger partial charge in [-0.2, -0.15) is 0 Å². The Morgan fingerprint density at radius 1 is 1.38 bits per heavy atom. The topological polar surface area (TPSA) is 40.5 Å². The minimum atomic E-state index is -0.660. The molecule has 1 fully saturated rings. The van der Waals surface area contributed by atoms with Crippen LogP contribution in [0.1, 0.15) is 39.5 Å². The quantitative estimate of drug-likeness (QED) is 0.731. The van der Waals surface area contributed by atoms with Gasteiger partial charge in [0, 0.05) is 13.0 Å². The van der Waals surface area contributed by atoms with E-state index in [1.54, 1.807) is 0 Å². The fourth-order valence-electron chi connectivity index (χ4n) is 2.10. The van der Waals surface area contributed by atoms with Gasteiger partial charge in [0.15, 0.2) is 0 Å². The molecule has 1 aliphatic heterocycles. The minimum Gasteiger partial charge on any atom is -0.481 e. The Balaban J connectivity index is 2.18. The summed E-state index contributed by atoms with van der Waals surface area (Å²) >= 11 is 0. The second kappa shape index (κ2) is 6.69. The average Bonchev–Trinajstić information content (AvgIpc) is 2.25. The van der Waals surface area contributed by atoms with Crippen LogP contribution in [0.2, 0.25) is 0 Å². The van der Waals surface area contributed by atoms with Crippen LogP contribution in [0.4, 0.5) is 0 Å². The summed E-state index contributed by atoms with van der Waals surface area (Å²) in [4.78, 5) is 12.9. The summed E-state index contributed by atoms with van der Waals surface area (Å²) in [6, 6.07) is 0. The Morgan fingerprint density at radius 3 is 2.50 bits per heavy atom. The zero-order chi connectivity index (χ0) is 12.0. The van der Waals surface area contributed by atoms with Crippen molar-refractivity contribution in [2.75, 3.05) is 19.6 Å². The molecule has 0 bridgehead atoms. The van der Waals surface area contributed by atoms with Gasteiger partial charge in [-0.05, 0) is 52.1 Å². The molecule has 1 rings (SSSR count). The molecule has 0 spiro atoms. The van der Waals surface area contributed by atoms with Crippen molar-refractivity contribution in [3.8, 4) is 0 Å². The Hall–Kier alpha value is -0.830. The summed E-state index contributed by atoms with van der Waals surface area (Å²) in [5.41, 5.74) is 1.37. The highest BCUT2D eigenvalue weighted by atomic mass is 16.4. The third-order valence-corrected chi connectivity index (χ3v) is 3.23. The largest absolute Gasteiger partial charge is 0.481 e. The minimum absolute atomic E-state index is 0.332. The van der Waals surface area contributed by atoms with Gasteiger partial charge in [0.1, 0.15) is 0 Å². The van der Waals surface area contributed by atoms with Gasteiger partial charge in [-0.15, -0.1) is 0 Å². The highest BCUT2D eigenvalue weighted by Crippen LogP contribution is 2.21. The van der Waals surface area contributed by atoms with Crippen LogP contribution < -0.4 is 0 Å². The van der Waals surface area contributed by atoms with Crippen molar-refractivity contribution >= 4 is 5.97 Å². The molecular weight excluding hydrogens is 202 g/mol. The fourth-order valence-corrected chi connectivity index (χ4v) is 2.10. The molecule has 1 aliphatic rings. The first-order valence-electron chi connectivity index (χ1n) is 6.15. The van der Waals surface area contributed by atoms with E-state index in [2.05, 4.69) is 24.8 Å². The predicted molar refractivity (Wildman–Crippen MR) is 65.5 cm³/mol. The van der Waals surface area contributed by atoms with Gasteiger partial charge in [0.25, 0.3) is 0 Å². The number of carboxylic acids is 1. The molecule has 16 heavy (non-hydrogen) atoms. The average molecular weight is 225 g/mol. The maximum Gasteiger partial charge on any atom is 0.303 e. The van der Waals surface area contributed by atoms with E-state index < -0.39 is 5.97 Å². The number of hydrogen-bond donors (Lipinski definition) is 1. The van der Waals surface area contributed by atoms with Crippen LogP contribution >= 0.6 is 0 Å². The van der Waals surface area contributed by atoms with E-state index in [-0.39, 0.29) is 0 Å². The SMILES string of the molecule is CC(C)=CCN1CCC(CCC(=O)O)CC1. The lowest BCUT2D eigenvalue weighted by Crippen LogP contribution is -2.34. The van der Waals surface area contributed by atoms with Crippen LogP contribution in [0.25, 0.3) is 0 Å². The molecule has 1 heterocycles. The van der Waals surface area contributed by atoms with Crippen molar-refractivity contribution in [3.05, 3.63) is 11.6 Å². The van der Waals surface area contributed by atoms with Crippen molar-refractivity contribution in [1.82, 2.24) is 4.90 Å². The Kier molecular flexibility index (Phi) is 5.53. The van der Waals surface area contributed by atoms with Gasteiger partial charge < -0.3 is 5.11 Å². The maximum atomic E-state index is 10.5. The number of carboxylic acid groups (broad SMARTS) is 1. The van der Waals surface area contributed by atoms with E-state index in [9.17, 15) is 4.79 Å². The number of carbonyl (C=O) groups is 1. The molecule has 0 radical (unpaired) electrons. The number of allylic oxidation sites excluding steroid dienone is 1. The summed E-state index contributed by atoms with van der Waals surface area (Å²) in [6.07, 6.45) is 5.76. The number of rotatable bonds is 5. The lowest BCUT2D eigenvalue weighted by atomic mass is 9.92. The number of hydrogen-bond acceptors (Lipinski definition) is 2. The molecule has 0 amide bonds. The van der Waals surface area contributed by atoms with E-state index in [4.69, 9.17) is 5.11 Å². The lowest BCUT2D eigenvalue weighted by molar-refractivity contribution is -0.137. The van der Waals surface area contributed by atoms with E-state index >= 15 is 0 Å². The zero-order valence-electron chi connectivity index (χ0n) is 10.4. The second-order valence-electron chi connectivity index (χ2n) is 4.96. The van der Waals surface area contributed by atoms with Crippen LogP contribution in [0.3, 0.4) is 0 Å². The molecule has 0 saturated carbocycles. The van der Waals surface area contributed by atoms with Gasteiger partial charge >= 0.3 is 5.97 Å². The monoisotopic (exact) mass is 225 g/mol. The predicted octanol–water partition coefficient (Wildman–Crippen LogP) is 2.53. The van der Waals surface area contributed by atoms with Gasteiger partial charge in [-0.25, -0.2) is 0 Å². The Morgan fingerprint density at radius 2 is 2.00 bits per heavy atom. The number of piperidine rings is 1. The first-order chi connectivity index (χ1) is 7.58. The Labute approximate surface area is 98.1 Å². The third-order valence-electron chi connectivity index (χ3n) is 3.23. The summed E-state index contributed by atoms with van der Waals surface area (Å²) in [6.45, 7) is 7.54. The summed E-state index contributed by atoms with van der Waals surface area (Å²) in [7, 11) is 0. The first kappa shape index (κ1) is 13.2. The normalized spacial score (nSPS) is 18.4. The van der Waals surface area contributed by atoms with Gasteiger partial charge in [-0.1, -0.05) is 11.6 Å². The summed E-state index contributed by atoms with van der Waals surface area (Å²) in [5, 5.41) is 8.62. The summed E-state index contributed by atoms with van der Waals surface area (Å²) < 4.78 is 0. The molecule has 3 heteroatoms. The van der Waals surface area contributed by atoms with Crippen molar-refractivity contribution in [1.29, 1.82) is 0 Å². The number of likely N-dealkylation sites (tertiary alicyclic amines) is 1. The smallest absolute Gasteiger partial charge is 0.303 e. The highest BCUT2D eigenvalue weighted by molar-refractivity contribution is 5.66. The molecule has 3 nitrogen and oxygen atoms in total. The van der Waals surface area contributed by atoms with Crippen molar-refractivity contribution in [2.24, 2.45) is 5.92 Å². The van der Waals surface area contributed by atoms with Crippen molar-refractivity contribution in [3.63, 3.8) is 0 Å². The van der Waals surface area contributed by atoms with E-state index in [1.807, 2.05) is 0 Å². The number of aliphatic carboxylic acids is 1. The molecule has 92 valence electrons. The maximum absolute atomic E-state index is 10.5. The van der Waals surface area contributed by atoms with E-state index in [1.165, 1.54) is 5.57 Å². The third kappa shape index (κ3) is 5.31. The van der Waals surface area contributed by atoms with Gasteiger partial charge in [0.2, 0.25) is 0 Å². The molecule has 0 atom stereocenters. The van der Waals surface area contributed by atoms with Crippen LogP contribution in [0.5, 0.6) is 0 Å². The van der Waals surface area contributed by atoms with Gasteiger partial charge in [-0.3, -0.25) is 9.69 Å². The summed E-state index contributed by atoms with van der Waals surface area (Å²) in [5.74, 6) is -0.0361. The molecule has 0 unspecified atom stereocenters. The fraction of sp³-hybridized carbons (Fsp3) is 0.769. The molecule has 1 N–H and O–H groups in total. The lowest BCUT2D eigenvalue weighted by Gasteiger charge is -2.31. The van der Waals surface area contributed by atoms with E-state index in [0.717, 1.165) is 38.9 Å². The van der Waals surface area contributed by atoms with Crippen LogP contribution in [-0.4, -0.2) is 35.6 Å². The van der Waals surface area contributed by atoms with Crippen molar-refractivity contribution in [2.45, 2.75) is 39.5 Å². The molecular formula is C13H23NO2. The van der Waals surface area contributed by atoms with Crippen LogP contribution in [-0.2, 0) is 4.79 Å². The molecule has 0 aliphatic carbocycles. The Bertz CT molecular complexity index is 249. The van der Waals surface area contributed by atoms with Crippen molar-refractivity contribution < 1.29 is 9.90 Å². The molecule has 0 aromatic carbocycles. The van der Waals surface area contributed by atoms with Crippen LogP contribution in [0.15, 0.2) is 11.6 Å². The highest BCUT2D eigenvalue weighted by Gasteiger charge is 2.18. The molecule has 1 saturated heterocycles. The van der Waals surface area contributed by atoms with E-state index in [0.29, 0.717) is 12.3 Å². The number of nitrogens with zero attached hydrogens (tertiary/aromatic N) is 1. The van der Waals surface area contributed by atoms with Crippen LogP contribution in [0, 0.1) is 5.92 Å². The van der Waals surface area contributed by atoms with Gasteiger partial charge in [0.05, 0.1) is 0 Å². The standard InChI is InChI=1S/C13H23NO2/c1-11(2)5-8-14-9-6-12(7-10-14)3-4-13(15)16/h5,12H,3-4,6-10H2,1-2H3,(H,15,16). The first-order valence-corrected chi connectivity index (χ1v) is 6.15.